The maximum atomic E-state index is 12.5. The van der Waals surface area contributed by atoms with Crippen molar-refractivity contribution in [2.75, 3.05) is 0 Å². The molecule has 8 heteroatoms. The summed E-state index contributed by atoms with van der Waals surface area (Å²) in [6.07, 6.45) is 3.44. The Hall–Kier alpha value is -3.45. The first-order valence-corrected chi connectivity index (χ1v) is 9.18. The predicted molar refractivity (Wildman–Crippen MR) is 109 cm³/mol. The molecule has 1 amide bonds. The molecule has 0 aliphatic heterocycles. The van der Waals surface area contributed by atoms with Crippen molar-refractivity contribution in [3.63, 3.8) is 0 Å². The van der Waals surface area contributed by atoms with Gasteiger partial charge in [0, 0.05) is 29.0 Å². The minimum atomic E-state index is -0.625. The molecule has 7 nitrogen and oxygen atoms in total. The molecule has 0 aliphatic rings. The summed E-state index contributed by atoms with van der Waals surface area (Å²) < 4.78 is 5.72. The average molecular weight is 412 g/mol. The second-order valence-corrected chi connectivity index (χ2v) is 6.77. The Morgan fingerprint density at radius 2 is 2.00 bits per heavy atom. The van der Waals surface area contributed by atoms with E-state index in [4.69, 9.17) is 16.3 Å². The summed E-state index contributed by atoms with van der Waals surface area (Å²) in [5, 5.41) is 14.2. The molecule has 0 radical (unpaired) electrons. The number of hydrogen-bond donors (Lipinski definition) is 1. The van der Waals surface area contributed by atoms with Gasteiger partial charge in [-0.15, -0.1) is 0 Å². The smallest absolute Gasteiger partial charge is 0.283 e. The Kier molecular flexibility index (Phi) is 6.41. The van der Waals surface area contributed by atoms with E-state index >= 15 is 0 Å². The maximum absolute atomic E-state index is 12.5. The van der Waals surface area contributed by atoms with Crippen LogP contribution in [0.2, 0.25) is 5.02 Å². The van der Waals surface area contributed by atoms with Crippen LogP contribution in [0.4, 0.5) is 5.69 Å². The van der Waals surface area contributed by atoms with E-state index in [-0.39, 0.29) is 22.3 Å². The fraction of sp³-hybridized carbons (Fsp3) is 0.143. The third-order valence-electron chi connectivity index (χ3n) is 4.26. The number of aromatic nitrogens is 1. The molecular formula is C21H18ClN3O4. The summed E-state index contributed by atoms with van der Waals surface area (Å²) in [7, 11) is 0. The van der Waals surface area contributed by atoms with Crippen LogP contribution < -0.4 is 10.1 Å². The molecule has 1 atom stereocenters. The van der Waals surface area contributed by atoms with Gasteiger partial charge in [-0.3, -0.25) is 19.9 Å². The van der Waals surface area contributed by atoms with Gasteiger partial charge in [0.2, 0.25) is 0 Å². The van der Waals surface area contributed by atoms with Crippen molar-refractivity contribution in [1.82, 2.24) is 10.3 Å². The molecule has 3 rings (SSSR count). The molecule has 0 fully saturated rings. The van der Waals surface area contributed by atoms with Crippen LogP contribution in [0.25, 0.3) is 0 Å². The molecule has 148 valence electrons. The van der Waals surface area contributed by atoms with Gasteiger partial charge < -0.3 is 10.1 Å². The number of halogens is 1. The van der Waals surface area contributed by atoms with Gasteiger partial charge in [0.25, 0.3) is 11.6 Å². The van der Waals surface area contributed by atoms with Crippen LogP contribution in [0, 0.1) is 10.1 Å². The van der Waals surface area contributed by atoms with E-state index in [1.54, 1.807) is 31.5 Å². The number of ether oxygens (including phenoxy) is 1. The lowest BCUT2D eigenvalue weighted by atomic mass is 10.1. The summed E-state index contributed by atoms with van der Waals surface area (Å²) in [5.41, 5.74) is 1.43. The van der Waals surface area contributed by atoms with Crippen LogP contribution in [0.15, 0.2) is 67.0 Å². The minimum Gasteiger partial charge on any atom is -0.489 e. The first-order chi connectivity index (χ1) is 13.9. The molecule has 0 spiro atoms. The zero-order chi connectivity index (χ0) is 20.8. The topological polar surface area (TPSA) is 94.4 Å². The van der Waals surface area contributed by atoms with Gasteiger partial charge >= 0.3 is 0 Å². The molecule has 3 aromatic rings. The lowest BCUT2D eigenvalue weighted by molar-refractivity contribution is -0.385. The van der Waals surface area contributed by atoms with Crippen molar-refractivity contribution in [1.29, 1.82) is 0 Å². The van der Waals surface area contributed by atoms with E-state index < -0.39 is 10.8 Å². The number of nitrogens with one attached hydrogen (secondary N) is 1. The van der Waals surface area contributed by atoms with Crippen LogP contribution in [-0.4, -0.2) is 15.8 Å². The summed E-state index contributed by atoms with van der Waals surface area (Å²) in [6.45, 7) is 2.20. The zero-order valence-electron chi connectivity index (χ0n) is 15.5. The van der Waals surface area contributed by atoms with Gasteiger partial charge in [-0.1, -0.05) is 29.8 Å². The van der Waals surface area contributed by atoms with Gasteiger partial charge in [-0.05, 0) is 42.8 Å². The molecule has 0 bridgehead atoms. The highest BCUT2D eigenvalue weighted by molar-refractivity contribution is 6.31. The van der Waals surface area contributed by atoms with Crippen LogP contribution in [0.3, 0.4) is 0 Å². The van der Waals surface area contributed by atoms with Crippen LogP contribution >= 0.6 is 11.6 Å². The molecule has 0 saturated heterocycles. The molecule has 2 aromatic carbocycles. The van der Waals surface area contributed by atoms with Crippen LogP contribution in [0.5, 0.6) is 5.75 Å². The largest absolute Gasteiger partial charge is 0.489 e. The molecule has 0 saturated carbocycles. The highest BCUT2D eigenvalue weighted by atomic mass is 35.5. The van der Waals surface area contributed by atoms with E-state index in [1.807, 2.05) is 24.3 Å². The first kappa shape index (κ1) is 20.3. The normalized spacial score (nSPS) is 11.5. The quantitative estimate of drug-likeness (QED) is 0.448. The fourth-order valence-corrected chi connectivity index (χ4v) is 2.87. The third kappa shape index (κ3) is 5.30. The second-order valence-electron chi connectivity index (χ2n) is 6.33. The summed E-state index contributed by atoms with van der Waals surface area (Å²) >= 11 is 5.80. The summed E-state index contributed by atoms with van der Waals surface area (Å²) in [5.74, 6) is 0.141. The third-order valence-corrected chi connectivity index (χ3v) is 4.49. The molecule has 0 aliphatic carbocycles. The lowest BCUT2D eigenvalue weighted by Gasteiger charge is -2.15. The first-order valence-electron chi connectivity index (χ1n) is 8.80. The molecule has 1 aromatic heterocycles. The number of pyridine rings is 1. The number of rotatable bonds is 7. The zero-order valence-corrected chi connectivity index (χ0v) is 16.3. The number of amides is 1. The predicted octanol–water partition coefficient (Wildman–Crippen LogP) is 4.71. The van der Waals surface area contributed by atoms with E-state index in [0.717, 1.165) is 17.2 Å². The van der Waals surface area contributed by atoms with Gasteiger partial charge in [-0.2, -0.15) is 0 Å². The Labute approximate surface area is 172 Å². The van der Waals surface area contributed by atoms with E-state index in [9.17, 15) is 14.9 Å². The maximum Gasteiger partial charge on any atom is 0.283 e. The molecule has 29 heavy (non-hydrogen) atoms. The van der Waals surface area contributed by atoms with Crippen molar-refractivity contribution < 1.29 is 14.5 Å². The van der Waals surface area contributed by atoms with Crippen molar-refractivity contribution >= 4 is 23.2 Å². The summed E-state index contributed by atoms with van der Waals surface area (Å²) in [6, 6.07) is 14.6. The van der Waals surface area contributed by atoms with E-state index in [0.29, 0.717) is 12.4 Å². The van der Waals surface area contributed by atoms with Crippen molar-refractivity contribution in [2.24, 2.45) is 0 Å². The Balaban J connectivity index is 1.64. The average Bonchev–Trinajstić information content (AvgIpc) is 2.73. The van der Waals surface area contributed by atoms with Crippen molar-refractivity contribution in [3.8, 4) is 5.75 Å². The standard InChI is InChI=1S/C21H18ClN3O4/c1-14(24-21(26)19-9-6-17(22)11-20(19)25(27)28)16-4-7-18(8-5-16)29-13-15-3-2-10-23-12-15/h2-12,14H,13H2,1H3,(H,24,26). The highest BCUT2D eigenvalue weighted by Gasteiger charge is 2.22. The SMILES string of the molecule is CC(NC(=O)c1ccc(Cl)cc1[N+](=O)[O-])c1ccc(OCc2cccnc2)cc1. The number of carbonyl (C=O) groups is 1. The molecule has 1 N–H and O–H groups in total. The number of benzene rings is 2. The van der Waals surface area contributed by atoms with Crippen molar-refractivity contribution in [3.05, 3.63) is 98.8 Å². The van der Waals surface area contributed by atoms with Crippen LogP contribution in [0.1, 0.15) is 34.5 Å². The van der Waals surface area contributed by atoms with Gasteiger partial charge in [0.15, 0.2) is 0 Å². The van der Waals surface area contributed by atoms with Gasteiger partial charge in [0.1, 0.15) is 17.9 Å². The number of nitro benzene ring substituents is 1. The van der Waals surface area contributed by atoms with E-state index in [2.05, 4.69) is 10.3 Å². The highest BCUT2D eigenvalue weighted by Crippen LogP contribution is 2.24. The molecule has 1 heterocycles. The minimum absolute atomic E-state index is 0.0392. The van der Waals surface area contributed by atoms with Crippen LogP contribution in [-0.2, 0) is 6.61 Å². The fourth-order valence-electron chi connectivity index (χ4n) is 2.71. The number of carbonyl (C=O) groups excluding carboxylic acids is 1. The monoisotopic (exact) mass is 411 g/mol. The van der Waals surface area contributed by atoms with Crippen molar-refractivity contribution in [2.45, 2.75) is 19.6 Å². The molecule has 1 unspecified atom stereocenters. The Morgan fingerprint density at radius 1 is 1.24 bits per heavy atom. The second kappa shape index (κ2) is 9.16. The number of nitro groups is 1. The van der Waals surface area contributed by atoms with Gasteiger partial charge in [0.05, 0.1) is 11.0 Å². The number of nitrogens with zero attached hydrogens (tertiary/aromatic N) is 2. The molecular weight excluding hydrogens is 394 g/mol. The summed E-state index contributed by atoms with van der Waals surface area (Å²) in [4.78, 5) is 27.1. The van der Waals surface area contributed by atoms with E-state index in [1.165, 1.54) is 12.1 Å². The Bertz CT molecular complexity index is 1010. The number of hydrogen-bond acceptors (Lipinski definition) is 5. The Morgan fingerprint density at radius 3 is 2.66 bits per heavy atom. The lowest BCUT2D eigenvalue weighted by Crippen LogP contribution is -2.27. The van der Waals surface area contributed by atoms with Gasteiger partial charge in [-0.25, -0.2) is 0 Å².